The van der Waals surface area contributed by atoms with Crippen molar-refractivity contribution in [1.29, 1.82) is 0 Å². The first-order valence-corrected chi connectivity index (χ1v) is 8.22. The number of ether oxygens (including phenoxy) is 1. The number of anilines is 2. The Labute approximate surface area is 133 Å². The predicted molar refractivity (Wildman–Crippen MR) is 91.3 cm³/mol. The molecule has 1 aliphatic rings. The van der Waals surface area contributed by atoms with E-state index in [-0.39, 0.29) is 0 Å². The van der Waals surface area contributed by atoms with Crippen LogP contribution in [0.15, 0.2) is 24.3 Å². The lowest BCUT2D eigenvalue weighted by Crippen LogP contribution is -2.27. The lowest BCUT2D eigenvalue weighted by atomic mass is 10.1. The van der Waals surface area contributed by atoms with Crippen molar-refractivity contribution in [3.63, 3.8) is 0 Å². The van der Waals surface area contributed by atoms with Crippen molar-refractivity contribution >= 4 is 17.5 Å². The van der Waals surface area contributed by atoms with Gasteiger partial charge in [-0.2, -0.15) is 0 Å². The minimum Gasteiger partial charge on any atom is -0.444 e. The first-order valence-electron chi connectivity index (χ1n) is 8.22. The van der Waals surface area contributed by atoms with E-state index in [0.717, 1.165) is 17.3 Å². The van der Waals surface area contributed by atoms with Crippen LogP contribution in [0.3, 0.4) is 0 Å². The molecule has 4 heteroatoms. The third-order valence-electron chi connectivity index (χ3n) is 4.00. The summed E-state index contributed by atoms with van der Waals surface area (Å²) in [5.74, 6) is 0.848. The van der Waals surface area contributed by atoms with Crippen LogP contribution >= 0.6 is 0 Å². The first-order chi connectivity index (χ1) is 10.4. The summed E-state index contributed by atoms with van der Waals surface area (Å²) in [6.07, 6.45) is 4.61. The summed E-state index contributed by atoms with van der Waals surface area (Å²) in [5.41, 5.74) is 1.32. The summed E-state index contributed by atoms with van der Waals surface area (Å²) < 4.78 is 5.27. The fraction of sp³-hybridized carbons (Fsp3) is 0.611. The van der Waals surface area contributed by atoms with Gasteiger partial charge in [0.25, 0.3) is 0 Å². The van der Waals surface area contributed by atoms with E-state index < -0.39 is 11.7 Å². The van der Waals surface area contributed by atoms with Crippen LogP contribution in [0.4, 0.5) is 16.2 Å². The highest BCUT2D eigenvalue weighted by molar-refractivity contribution is 5.85. The Hall–Kier alpha value is -1.71. The van der Waals surface area contributed by atoms with E-state index in [1.54, 1.807) is 0 Å². The Kier molecular flexibility index (Phi) is 5.33. The molecule has 2 atom stereocenters. The molecule has 0 heterocycles. The van der Waals surface area contributed by atoms with Crippen molar-refractivity contribution in [3.05, 3.63) is 24.3 Å². The third-order valence-corrected chi connectivity index (χ3v) is 4.00. The first kappa shape index (κ1) is 16.7. The van der Waals surface area contributed by atoms with Crippen molar-refractivity contribution in [1.82, 2.24) is 0 Å². The lowest BCUT2D eigenvalue weighted by molar-refractivity contribution is 0.0636. The maximum atomic E-state index is 11.8. The zero-order valence-corrected chi connectivity index (χ0v) is 14.1. The van der Waals surface area contributed by atoms with Gasteiger partial charge in [-0.05, 0) is 64.2 Å². The van der Waals surface area contributed by atoms with Crippen molar-refractivity contribution in [2.24, 2.45) is 5.92 Å². The maximum absolute atomic E-state index is 11.8. The molecular weight excluding hydrogens is 276 g/mol. The number of benzene rings is 1. The van der Waals surface area contributed by atoms with Crippen molar-refractivity contribution in [2.45, 2.75) is 65.0 Å². The second-order valence-corrected chi connectivity index (χ2v) is 7.14. The third kappa shape index (κ3) is 5.24. The smallest absolute Gasteiger partial charge is 0.412 e. The van der Waals surface area contributed by atoms with E-state index in [0.29, 0.717) is 6.04 Å². The molecule has 1 amide bonds. The molecule has 0 saturated heterocycles. The van der Waals surface area contributed by atoms with Crippen LogP contribution in [0.2, 0.25) is 0 Å². The number of nitrogens with one attached hydrogen (secondary N) is 2. The average molecular weight is 304 g/mol. The summed E-state index contributed by atoms with van der Waals surface area (Å²) in [6.45, 7) is 7.83. The standard InChI is InChI=1S/C18H28N2O2/c1-5-13-9-10-16(11-13)19-14-7-6-8-15(12-14)20-17(21)22-18(2,3)4/h6-8,12-13,16,19H,5,9-11H2,1-4H3,(H,20,21). The highest BCUT2D eigenvalue weighted by atomic mass is 16.6. The number of hydrogen-bond acceptors (Lipinski definition) is 3. The predicted octanol–water partition coefficient (Wildman–Crippen LogP) is 5.02. The summed E-state index contributed by atoms with van der Waals surface area (Å²) in [5, 5.41) is 6.36. The SMILES string of the molecule is CCC1CCC(Nc2cccc(NC(=O)OC(C)(C)C)c2)C1. The molecule has 2 N–H and O–H groups in total. The molecular formula is C18H28N2O2. The molecule has 1 saturated carbocycles. The summed E-state index contributed by atoms with van der Waals surface area (Å²) in [6, 6.07) is 8.37. The summed E-state index contributed by atoms with van der Waals surface area (Å²) in [4.78, 5) is 11.8. The molecule has 2 unspecified atom stereocenters. The molecule has 4 nitrogen and oxygen atoms in total. The van der Waals surface area contributed by atoms with E-state index in [9.17, 15) is 4.79 Å². The second-order valence-electron chi connectivity index (χ2n) is 7.14. The van der Waals surface area contributed by atoms with Gasteiger partial charge in [-0.15, -0.1) is 0 Å². The Bertz CT molecular complexity index is 508. The topological polar surface area (TPSA) is 50.4 Å². The van der Waals surface area contributed by atoms with E-state index in [1.807, 2.05) is 45.0 Å². The van der Waals surface area contributed by atoms with Gasteiger partial charge < -0.3 is 10.1 Å². The van der Waals surface area contributed by atoms with Gasteiger partial charge in [0.1, 0.15) is 5.60 Å². The number of rotatable bonds is 4. The van der Waals surface area contributed by atoms with Gasteiger partial charge in [0.05, 0.1) is 0 Å². The minimum absolute atomic E-state index is 0.420. The summed E-state index contributed by atoms with van der Waals surface area (Å²) >= 11 is 0. The Balaban J connectivity index is 1.91. The van der Waals surface area contributed by atoms with Gasteiger partial charge in [0.2, 0.25) is 0 Å². The lowest BCUT2D eigenvalue weighted by Gasteiger charge is -2.20. The highest BCUT2D eigenvalue weighted by Crippen LogP contribution is 2.30. The van der Waals surface area contributed by atoms with Crippen molar-refractivity contribution in [2.75, 3.05) is 10.6 Å². The van der Waals surface area contributed by atoms with Gasteiger partial charge in [-0.3, -0.25) is 5.32 Å². The average Bonchev–Trinajstić information content (AvgIpc) is 2.84. The number of hydrogen-bond donors (Lipinski definition) is 2. The van der Waals surface area contributed by atoms with Gasteiger partial charge in [-0.25, -0.2) is 4.79 Å². The van der Waals surface area contributed by atoms with Gasteiger partial charge in [0.15, 0.2) is 0 Å². The molecule has 122 valence electrons. The minimum atomic E-state index is -0.487. The highest BCUT2D eigenvalue weighted by Gasteiger charge is 2.23. The molecule has 2 rings (SSSR count). The van der Waals surface area contributed by atoms with Crippen LogP contribution in [-0.4, -0.2) is 17.7 Å². The van der Waals surface area contributed by atoms with Gasteiger partial charge >= 0.3 is 6.09 Å². The fourth-order valence-electron chi connectivity index (χ4n) is 2.92. The van der Waals surface area contributed by atoms with Gasteiger partial charge in [-0.1, -0.05) is 19.4 Å². The largest absolute Gasteiger partial charge is 0.444 e. The normalized spacial score (nSPS) is 21.5. The Morgan fingerprint density at radius 3 is 2.64 bits per heavy atom. The molecule has 0 spiro atoms. The van der Waals surface area contributed by atoms with Crippen LogP contribution in [0.5, 0.6) is 0 Å². The zero-order valence-electron chi connectivity index (χ0n) is 14.1. The molecule has 1 aromatic carbocycles. The van der Waals surface area contributed by atoms with E-state index >= 15 is 0 Å². The molecule has 1 fully saturated rings. The molecule has 0 radical (unpaired) electrons. The molecule has 1 aromatic rings. The van der Waals surface area contributed by atoms with E-state index in [1.165, 1.54) is 25.7 Å². The maximum Gasteiger partial charge on any atom is 0.412 e. The quantitative estimate of drug-likeness (QED) is 0.820. The van der Waals surface area contributed by atoms with Crippen LogP contribution in [0.1, 0.15) is 53.4 Å². The van der Waals surface area contributed by atoms with Crippen LogP contribution in [0.25, 0.3) is 0 Å². The Morgan fingerprint density at radius 2 is 2.00 bits per heavy atom. The summed E-state index contributed by atoms with van der Waals surface area (Å²) in [7, 11) is 0. The van der Waals surface area contributed by atoms with Crippen LogP contribution < -0.4 is 10.6 Å². The second kappa shape index (κ2) is 7.03. The van der Waals surface area contributed by atoms with Crippen LogP contribution in [0, 0.1) is 5.92 Å². The van der Waals surface area contributed by atoms with Crippen molar-refractivity contribution < 1.29 is 9.53 Å². The molecule has 0 bridgehead atoms. The number of amides is 1. The zero-order chi connectivity index (χ0) is 16.2. The van der Waals surface area contributed by atoms with E-state index in [2.05, 4.69) is 17.6 Å². The molecule has 1 aliphatic carbocycles. The number of carbonyl (C=O) groups is 1. The molecule has 0 aromatic heterocycles. The van der Waals surface area contributed by atoms with Gasteiger partial charge in [0, 0.05) is 17.4 Å². The monoisotopic (exact) mass is 304 g/mol. The molecule has 22 heavy (non-hydrogen) atoms. The number of carbonyl (C=O) groups excluding carboxylic acids is 1. The van der Waals surface area contributed by atoms with Crippen LogP contribution in [-0.2, 0) is 4.74 Å². The molecule has 0 aliphatic heterocycles. The fourth-order valence-corrected chi connectivity index (χ4v) is 2.92. The Morgan fingerprint density at radius 1 is 1.27 bits per heavy atom. The van der Waals surface area contributed by atoms with E-state index in [4.69, 9.17) is 4.74 Å². The van der Waals surface area contributed by atoms with Crippen molar-refractivity contribution in [3.8, 4) is 0 Å².